The molecule has 0 heterocycles. The highest BCUT2D eigenvalue weighted by Gasteiger charge is 2.27. The molecule has 2 N–H and O–H groups in total. The Morgan fingerprint density at radius 1 is 0.778 bits per heavy atom. The van der Waals surface area contributed by atoms with Crippen LogP contribution in [-0.4, -0.2) is 21.8 Å². The first kappa shape index (κ1) is 20.2. The number of carbonyl (C=O) groups excluding carboxylic acids is 2. The van der Waals surface area contributed by atoms with Gasteiger partial charge in [0.2, 0.25) is 0 Å². The third-order valence-corrected chi connectivity index (χ3v) is 4.70. The van der Waals surface area contributed by atoms with Crippen LogP contribution in [-0.2, 0) is 5.41 Å². The van der Waals surface area contributed by atoms with Crippen molar-refractivity contribution < 1.29 is 19.8 Å². The van der Waals surface area contributed by atoms with E-state index in [0.29, 0.717) is 11.1 Å². The average Bonchev–Trinajstić information content (AvgIpc) is 2.60. The summed E-state index contributed by atoms with van der Waals surface area (Å²) in [6.07, 6.45) is 0. The number of aromatic hydroxyl groups is 2. The molecule has 0 saturated carbocycles. The molecule has 0 saturated heterocycles. The van der Waals surface area contributed by atoms with Gasteiger partial charge in [0.15, 0.2) is 11.6 Å². The van der Waals surface area contributed by atoms with Crippen LogP contribution in [0.1, 0.15) is 59.5 Å². The number of allylic oxidation sites excluding steroid dienone is 2. The maximum absolute atomic E-state index is 12.3. The monoisotopic (exact) mass is 364 g/mol. The summed E-state index contributed by atoms with van der Waals surface area (Å²) in [5.74, 6) is -0.860. The molecule has 0 aliphatic rings. The van der Waals surface area contributed by atoms with Crippen LogP contribution in [0.3, 0.4) is 0 Å². The predicted octanol–water partition coefficient (Wildman–Crippen LogP) is 4.94. The van der Waals surface area contributed by atoms with Crippen molar-refractivity contribution in [3.8, 4) is 11.5 Å². The number of rotatable bonds is 6. The first-order valence-corrected chi connectivity index (χ1v) is 8.54. The highest BCUT2D eigenvalue weighted by molar-refractivity contribution is 6.10. The van der Waals surface area contributed by atoms with E-state index < -0.39 is 5.41 Å². The molecule has 0 atom stereocenters. The van der Waals surface area contributed by atoms with Crippen LogP contribution < -0.4 is 0 Å². The maximum atomic E-state index is 12.3. The van der Waals surface area contributed by atoms with Crippen molar-refractivity contribution in [2.24, 2.45) is 0 Å². The minimum atomic E-state index is -0.588. The molecule has 4 nitrogen and oxygen atoms in total. The smallest absolute Gasteiger partial charge is 0.191 e. The summed E-state index contributed by atoms with van der Waals surface area (Å²) in [4.78, 5) is 24.6. The standard InChI is InChI=1S/C23H24O4/c1-13(2)21(26)17-11-15(7-9-19(17)24)23(5,6)16-8-10-20(25)18(12-16)22(27)14(3)4/h7-12,24-25H,1,3H2,2,4-6H3. The molecule has 4 heteroatoms. The van der Waals surface area contributed by atoms with E-state index in [0.717, 1.165) is 11.1 Å². The van der Waals surface area contributed by atoms with Crippen LogP contribution >= 0.6 is 0 Å². The lowest BCUT2D eigenvalue weighted by Gasteiger charge is -2.27. The lowest BCUT2D eigenvalue weighted by Crippen LogP contribution is -2.20. The van der Waals surface area contributed by atoms with Crippen LogP contribution in [0.4, 0.5) is 0 Å². The molecule has 27 heavy (non-hydrogen) atoms. The van der Waals surface area contributed by atoms with Gasteiger partial charge in [-0.1, -0.05) is 39.1 Å². The highest BCUT2D eigenvalue weighted by atomic mass is 16.3. The number of hydrogen-bond donors (Lipinski definition) is 2. The molecule has 0 unspecified atom stereocenters. The van der Waals surface area contributed by atoms with Crippen molar-refractivity contribution in [3.63, 3.8) is 0 Å². The highest BCUT2D eigenvalue weighted by Crippen LogP contribution is 2.36. The number of phenolic OH excluding ortho intramolecular Hbond substituents is 2. The average molecular weight is 364 g/mol. The minimum absolute atomic E-state index is 0.105. The predicted molar refractivity (Wildman–Crippen MR) is 107 cm³/mol. The molecule has 0 amide bonds. The van der Waals surface area contributed by atoms with Gasteiger partial charge in [-0.2, -0.15) is 0 Å². The maximum Gasteiger partial charge on any atom is 0.191 e. The molecule has 2 rings (SSSR count). The lowest BCUT2D eigenvalue weighted by atomic mass is 9.76. The first-order chi connectivity index (χ1) is 12.5. The van der Waals surface area contributed by atoms with E-state index in [-0.39, 0.29) is 34.2 Å². The number of benzene rings is 2. The summed E-state index contributed by atoms with van der Waals surface area (Å²) in [5, 5.41) is 20.1. The molecule has 0 fully saturated rings. The number of Topliss-reactive ketones (excluding diaryl/α,β-unsaturated/α-hetero) is 2. The Bertz CT molecular complexity index is 887. The van der Waals surface area contributed by atoms with Gasteiger partial charge in [-0.25, -0.2) is 0 Å². The van der Waals surface area contributed by atoms with Crippen molar-refractivity contribution >= 4 is 11.6 Å². The Morgan fingerprint density at radius 3 is 1.41 bits per heavy atom. The van der Waals surface area contributed by atoms with Gasteiger partial charge in [0.25, 0.3) is 0 Å². The van der Waals surface area contributed by atoms with Gasteiger partial charge in [0.1, 0.15) is 11.5 Å². The first-order valence-electron chi connectivity index (χ1n) is 8.54. The van der Waals surface area contributed by atoms with E-state index in [1.165, 1.54) is 12.1 Å². The number of carbonyl (C=O) groups is 2. The summed E-state index contributed by atoms with van der Waals surface area (Å²) in [6.45, 7) is 14.4. The Labute approximate surface area is 159 Å². The van der Waals surface area contributed by atoms with E-state index >= 15 is 0 Å². The van der Waals surface area contributed by atoms with Crippen LogP contribution in [0.2, 0.25) is 0 Å². The van der Waals surface area contributed by atoms with Crippen LogP contribution in [0.5, 0.6) is 11.5 Å². The van der Waals surface area contributed by atoms with Gasteiger partial charge in [-0.3, -0.25) is 9.59 Å². The van der Waals surface area contributed by atoms with Crippen molar-refractivity contribution in [2.75, 3.05) is 0 Å². The molecule has 0 spiro atoms. The zero-order valence-corrected chi connectivity index (χ0v) is 16.1. The molecular weight excluding hydrogens is 340 g/mol. The largest absolute Gasteiger partial charge is 0.507 e. The fourth-order valence-corrected chi connectivity index (χ4v) is 2.84. The number of phenols is 2. The number of ketones is 2. The zero-order valence-electron chi connectivity index (χ0n) is 16.1. The SMILES string of the molecule is C=C(C)C(=O)c1cc(C(C)(C)c2ccc(O)c(C(=O)C(=C)C)c2)ccc1O. The number of hydrogen-bond acceptors (Lipinski definition) is 4. The molecule has 0 aromatic heterocycles. The second-order valence-corrected chi connectivity index (χ2v) is 7.31. The topological polar surface area (TPSA) is 74.6 Å². The summed E-state index contributed by atoms with van der Waals surface area (Å²) >= 11 is 0. The molecule has 140 valence electrons. The van der Waals surface area contributed by atoms with Gasteiger partial charge in [-0.05, 0) is 60.4 Å². The molecule has 0 aliphatic carbocycles. The van der Waals surface area contributed by atoms with E-state index in [9.17, 15) is 19.8 Å². The van der Waals surface area contributed by atoms with Gasteiger partial charge in [-0.15, -0.1) is 0 Å². The summed E-state index contributed by atoms with van der Waals surface area (Å²) in [7, 11) is 0. The van der Waals surface area contributed by atoms with Gasteiger partial charge in [0, 0.05) is 5.41 Å². The summed E-state index contributed by atoms with van der Waals surface area (Å²) < 4.78 is 0. The quantitative estimate of drug-likeness (QED) is 0.562. The van der Waals surface area contributed by atoms with E-state index in [2.05, 4.69) is 13.2 Å². The molecule has 2 aromatic carbocycles. The van der Waals surface area contributed by atoms with Gasteiger partial charge >= 0.3 is 0 Å². The fraction of sp³-hybridized carbons (Fsp3) is 0.217. The molecule has 0 aliphatic heterocycles. The van der Waals surface area contributed by atoms with E-state index in [1.807, 2.05) is 13.8 Å². The van der Waals surface area contributed by atoms with Crippen molar-refractivity contribution in [1.29, 1.82) is 0 Å². The Hall–Kier alpha value is -3.14. The van der Waals surface area contributed by atoms with Crippen LogP contribution in [0.15, 0.2) is 60.7 Å². The third kappa shape index (κ3) is 3.85. The Morgan fingerprint density at radius 2 is 1.11 bits per heavy atom. The van der Waals surface area contributed by atoms with Crippen LogP contribution in [0, 0.1) is 0 Å². The van der Waals surface area contributed by atoms with Gasteiger partial charge < -0.3 is 10.2 Å². The molecule has 2 aromatic rings. The summed E-state index contributed by atoms with van der Waals surface area (Å²) in [5.41, 5.74) is 2.01. The van der Waals surface area contributed by atoms with Crippen molar-refractivity contribution in [1.82, 2.24) is 0 Å². The normalized spacial score (nSPS) is 11.1. The fourth-order valence-electron chi connectivity index (χ4n) is 2.84. The second-order valence-electron chi connectivity index (χ2n) is 7.31. The van der Waals surface area contributed by atoms with Crippen molar-refractivity contribution in [3.05, 3.63) is 83.0 Å². The molecular formula is C23H24O4. The van der Waals surface area contributed by atoms with Crippen LogP contribution in [0.25, 0.3) is 0 Å². The molecule has 0 radical (unpaired) electrons. The zero-order chi connectivity index (χ0) is 20.5. The van der Waals surface area contributed by atoms with Gasteiger partial charge in [0.05, 0.1) is 11.1 Å². The summed E-state index contributed by atoms with van der Waals surface area (Å²) in [6, 6.07) is 9.70. The lowest BCUT2D eigenvalue weighted by molar-refractivity contribution is 0.102. The van der Waals surface area contributed by atoms with E-state index in [1.54, 1.807) is 38.1 Å². The Balaban J connectivity index is 2.59. The van der Waals surface area contributed by atoms with Crippen molar-refractivity contribution in [2.45, 2.75) is 33.1 Å². The molecule has 0 bridgehead atoms. The minimum Gasteiger partial charge on any atom is -0.507 e. The third-order valence-electron chi connectivity index (χ3n) is 4.70. The Kier molecular flexibility index (Phi) is 5.41. The second kappa shape index (κ2) is 7.23. The van der Waals surface area contributed by atoms with E-state index in [4.69, 9.17) is 0 Å².